The number of aromatic nitrogens is 2. The Morgan fingerprint density at radius 2 is 2.07 bits per heavy atom. The summed E-state index contributed by atoms with van der Waals surface area (Å²) in [6.07, 6.45) is -5.59. The van der Waals surface area contributed by atoms with Gasteiger partial charge in [0.05, 0.1) is 13.7 Å². The number of nitrogen functional groups attached to an aromatic ring is 1. The van der Waals surface area contributed by atoms with Gasteiger partial charge in [-0.05, 0) is 29.9 Å². The fraction of sp³-hybridized carbons (Fsp3) is 0.267. The average Bonchev–Trinajstić information content (AvgIpc) is 2.56. The molecule has 1 atom stereocenters. The van der Waals surface area contributed by atoms with Crippen LogP contribution in [-0.4, -0.2) is 33.9 Å². The molecular formula is C15H13ClF3N3O4S. The fourth-order valence-corrected chi connectivity index (χ4v) is 2.89. The maximum Gasteiger partial charge on any atom is 0.432 e. The van der Waals surface area contributed by atoms with Gasteiger partial charge in [-0.3, -0.25) is 9.78 Å². The third kappa shape index (κ3) is 3.70. The number of nitrogens with two attached hydrogens (primary N) is 1. The van der Waals surface area contributed by atoms with Gasteiger partial charge in [0.1, 0.15) is 11.4 Å². The summed E-state index contributed by atoms with van der Waals surface area (Å²) < 4.78 is 45.1. The number of hydrogen-bond acceptors (Lipinski definition) is 6. The second-order valence-corrected chi connectivity index (χ2v) is 6.26. The molecular weight excluding hydrogens is 411 g/mol. The molecule has 27 heavy (non-hydrogen) atoms. The van der Waals surface area contributed by atoms with Crippen molar-refractivity contribution in [3.63, 3.8) is 0 Å². The summed E-state index contributed by atoms with van der Waals surface area (Å²) in [7, 11) is 0.630. The number of carbonyl (C=O) groups is 1. The minimum atomic E-state index is -5.59. The molecule has 7 nitrogen and oxygen atoms in total. The number of aromatic amines is 1. The molecule has 0 spiro atoms. The number of nitrogens with one attached hydrogen (secondary N) is 1. The number of anilines is 1. The topological polar surface area (TPSA) is 110 Å². The van der Waals surface area contributed by atoms with Gasteiger partial charge in [-0.25, -0.2) is 4.79 Å². The summed E-state index contributed by atoms with van der Waals surface area (Å²) in [5.74, 6) is -2.95. The standard InChI is InChI=1S/C15H13ClF3N3O4S/c1-26-12(24)14(25,15(17,18)19)9-10(20)22(13(27)21-11(9)23)6-7-3-2-4-8(16)5-7/h2-5,25H,6,20H2,1H3,(H,21,23,27). The quantitative estimate of drug-likeness (QED) is 0.513. The van der Waals surface area contributed by atoms with Crippen LogP contribution in [0.2, 0.25) is 5.02 Å². The predicted molar refractivity (Wildman–Crippen MR) is 92.8 cm³/mol. The van der Waals surface area contributed by atoms with Gasteiger partial charge in [-0.15, -0.1) is 0 Å². The number of benzene rings is 1. The van der Waals surface area contributed by atoms with E-state index >= 15 is 0 Å². The van der Waals surface area contributed by atoms with E-state index in [0.717, 1.165) is 4.57 Å². The fourth-order valence-electron chi connectivity index (χ4n) is 2.42. The Kier molecular flexibility index (Phi) is 5.68. The number of aliphatic hydroxyl groups is 1. The van der Waals surface area contributed by atoms with Gasteiger partial charge in [0.25, 0.3) is 11.2 Å². The number of methoxy groups -OCH3 is 1. The number of hydrogen-bond donors (Lipinski definition) is 3. The van der Waals surface area contributed by atoms with E-state index in [2.05, 4.69) is 4.74 Å². The van der Waals surface area contributed by atoms with Crippen molar-refractivity contribution in [2.75, 3.05) is 12.8 Å². The van der Waals surface area contributed by atoms with Gasteiger partial charge < -0.3 is 20.1 Å². The van der Waals surface area contributed by atoms with Crippen LogP contribution >= 0.6 is 23.8 Å². The number of nitrogens with zero attached hydrogens (tertiary/aromatic N) is 1. The lowest BCUT2D eigenvalue weighted by Gasteiger charge is -2.29. The molecule has 1 aromatic heterocycles. The Morgan fingerprint density at radius 3 is 2.59 bits per heavy atom. The molecule has 0 aliphatic carbocycles. The minimum absolute atomic E-state index is 0.176. The molecule has 4 N–H and O–H groups in total. The second-order valence-electron chi connectivity index (χ2n) is 5.44. The van der Waals surface area contributed by atoms with Crippen molar-refractivity contribution in [3.8, 4) is 0 Å². The van der Waals surface area contributed by atoms with Gasteiger partial charge in [0, 0.05) is 5.02 Å². The molecule has 12 heteroatoms. The molecule has 1 unspecified atom stereocenters. The van der Waals surface area contributed by atoms with E-state index in [1.54, 1.807) is 18.2 Å². The van der Waals surface area contributed by atoms with Gasteiger partial charge in [0.15, 0.2) is 4.77 Å². The maximum absolute atomic E-state index is 13.5. The molecule has 0 saturated carbocycles. The highest BCUT2D eigenvalue weighted by molar-refractivity contribution is 7.71. The highest BCUT2D eigenvalue weighted by Gasteiger charge is 2.64. The van der Waals surface area contributed by atoms with Crippen molar-refractivity contribution >= 4 is 35.6 Å². The van der Waals surface area contributed by atoms with Crippen LogP contribution in [0.25, 0.3) is 0 Å². The summed E-state index contributed by atoms with van der Waals surface area (Å²) in [6, 6.07) is 6.26. The normalized spacial score (nSPS) is 13.9. The summed E-state index contributed by atoms with van der Waals surface area (Å²) in [5.41, 5.74) is -0.961. The number of rotatable bonds is 4. The lowest BCUT2D eigenvalue weighted by atomic mass is 9.94. The first kappa shape index (κ1) is 20.9. The highest BCUT2D eigenvalue weighted by atomic mass is 35.5. The first-order chi connectivity index (χ1) is 12.4. The molecule has 2 rings (SSSR count). The molecule has 146 valence electrons. The first-order valence-electron chi connectivity index (χ1n) is 7.18. The molecule has 0 fully saturated rings. The zero-order valence-electron chi connectivity index (χ0n) is 13.6. The lowest BCUT2D eigenvalue weighted by molar-refractivity contribution is -0.267. The van der Waals surface area contributed by atoms with Crippen LogP contribution in [0.1, 0.15) is 11.1 Å². The zero-order valence-corrected chi connectivity index (χ0v) is 15.2. The van der Waals surface area contributed by atoms with E-state index in [1.165, 1.54) is 6.07 Å². The molecule has 0 aliphatic rings. The van der Waals surface area contributed by atoms with E-state index in [1.807, 2.05) is 4.98 Å². The monoisotopic (exact) mass is 423 g/mol. The summed E-state index contributed by atoms with van der Waals surface area (Å²) in [6.45, 7) is -0.176. The molecule has 2 aromatic rings. The summed E-state index contributed by atoms with van der Waals surface area (Å²) in [4.78, 5) is 25.8. The van der Waals surface area contributed by atoms with Crippen LogP contribution in [-0.2, 0) is 21.7 Å². The van der Waals surface area contributed by atoms with Gasteiger partial charge in [-0.2, -0.15) is 13.2 Å². The smallest absolute Gasteiger partial charge is 0.432 e. The minimum Gasteiger partial charge on any atom is -0.466 e. The van der Waals surface area contributed by atoms with Crippen LogP contribution in [0.15, 0.2) is 29.1 Å². The van der Waals surface area contributed by atoms with E-state index in [4.69, 9.17) is 29.6 Å². The van der Waals surface area contributed by atoms with Crippen LogP contribution < -0.4 is 11.3 Å². The molecule has 1 aromatic carbocycles. The van der Waals surface area contributed by atoms with E-state index in [0.29, 0.717) is 17.7 Å². The summed E-state index contributed by atoms with van der Waals surface area (Å²) in [5, 5.41) is 10.5. The molecule has 0 aliphatic heterocycles. The molecule has 0 amide bonds. The zero-order chi connectivity index (χ0) is 20.6. The van der Waals surface area contributed by atoms with Crippen molar-refractivity contribution in [1.82, 2.24) is 9.55 Å². The predicted octanol–water partition coefficient (Wildman–Crippen LogP) is 2.11. The van der Waals surface area contributed by atoms with E-state index in [-0.39, 0.29) is 11.3 Å². The number of H-pyrrole nitrogens is 1. The summed E-state index contributed by atoms with van der Waals surface area (Å²) >= 11 is 10.8. The number of alkyl halides is 3. The molecule has 0 saturated heterocycles. The molecule has 1 heterocycles. The van der Waals surface area contributed by atoms with Gasteiger partial charge in [-0.1, -0.05) is 23.7 Å². The van der Waals surface area contributed by atoms with E-state index < -0.39 is 34.7 Å². The number of carbonyl (C=O) groups excluding carboxylic acids is 1. The van der Waals surface area contributed by atoms with Crippen LogP contribution in [0.5, 0.6) is 0 Å². The average molecular weight is 424 g/mol. The second kappa shape index (κ2) is 7.33. The number of halogens is 4. The van der Waals surface area contributed by atoms with Gasteiger partial charge >= 0.3 is 12.1 Å². The van der Waals surface area contributed by atoms with Crippen molar-refractivity contribution < 1.29 is 27.8 Å². The largest absolute Gasteiger partial charge is 0.466 e. The SMILES string of the molecule is COC(=O)C(O)(c1c(N)n(Cc2cccc(Cl)c2)c(=S)[nH]c1=O)C(F)(F)F. The third-order valence-electron chi connectivity index (χ3n) is 3.72. The number of esters is 1. The third-order valence-corrected chi connectivity index (χ3v) is 4.28. The molecule has 0 bridgehead atoms. The van der Waals surface area contributed by atoms with Crippen molar-refractivity contribution in [1.29, 1.82) is 0 Å². The van der Waals surface area contributed by atoms with Gasteiger partial charge in [0.2, 0.25) is 0 Å². The van der Waals surface area contributed by atoms with Crippen LogP contribution in [0.3, 0.4) is 0 Å². The lowest BCUT2D eigenvalue weighted by Crippen LogP contribution is -2.53. The Hall–Kier alpha value is -2.37. The van der Waals surface area contributed by atoms with E-state index in [9.17, 15) is 27.9 Å². The van der Waals surface area contributed by atoms with Crippen molar-refractivity contribution in [2.24, 2.45) is 0 Å². The Balaban J connectivity index is 2.77. The first-order valence-corrected chi connectivity index (χ1v) is 7.97. The Morgan fingerprint density at radius 1 is 1.44 bits per heavy atom. The Bertz CT molecular complexity index is 1010. The van der Waals surface area contributed by atoms with Crippen molar-refractivity contribution in [3.05, 3.63) is 55.5 Å². The van der Waals surface area contributed by atoms with Crippen LogP contribution in [0, 0.1) is 4.77 Å². The number of ether oxygens (including phenoxy) is 1. The Labute approximate surface area is 160 Å². The van der Waals surface area contributed by atoms with Crippen LogP contribution in [0.4, 0.5) is 19.0 Å². The highest BCUT2D eigenvalue weighted by Crippen LogP contribution is 2.40. The maximum atomic E-state index is 13.5. The van der Waals surface area contributed by atoms with Crippen molar-refractivity contribution in [2.45, 2.75) is 18.3 Å². The molecule has 0 radical (unpaired) electrons.